The van der Waals surface area contributed by atoms with Crippen LogP contribution in [0.2, 0.25) is 0 Å². The van der Waals surface area contributed by atoms with Gasteiger partial charge in [-0.15, -0.1) is 11.6 Å². The molecule has 1 N–H and O–H groups in total. The van der Waals surface area contributed by atoms with Gasteiger partial charge >= 0.3 is 0 Å². The summed E-state index contributed by atoms with van der Waals surface area (Å²) >= 11 is 9.44. The Kier molecular flexibility index (Phi) is 4.83. The van der Waals surface area contributed by atoms with E-state index in [4.69, 9.17) is 11.6 Å². The van der Waals surface area contributed by atoms with Gasteiger partial charge in [0.15, 0.2) is 0 Å². The largest absolute Gasteiger partial charge is 0.312 e. The summed E-state index contributed by atoms with van der Waals surface area (Å²) in [5, 5.41) is 3.77. The Labute approximate surface area is 115 Å². The van der Waals surface area contributed by atoms with Crippen LogP contribution in [0.25, 0.3) is 0 Å². The number of rotatable bonds is 4. The first-order chi connectivity index (χ1) is 8.15. The second-order valence-electron chi connectivity index (χ2n) is 4.64. The van der Waals surface area contributed by atoms with Crippen LogP contribution in [0.4, 0.5) is 4.39 Å². The maximum atomic E-state index is 12.9. The van der Waals surface area contributed by atoms with Crippen LogP contribution in [-0.4, -0.2) is 11.9 Å². The molecule has 0 aliphatic heterocycles. The monoisotopic (exact) mass is 319 g/mol. The molecular weight excluding hydrogens is 305 g/mol. The molecule has 2 unspecified atom stereocenters. The van der Waals surface area contributed by atoms with E-state index in [0.29, 0.717) is 11.3 Å². The summed E-state index contributed by atoms with van der Waals surface area (Å²) in [6.45, 7) is 1.76. The zero-order chi connectivity index (χ0) is 12.3. The smallest absolute Gasteiger partial charge is 0.124 e. The number of hydrogen-bond acceptors (Lipinski definition) is 1. The first-order valence-electron chi connectivity index (χ1n) is 5.94. The van der Waals surface area contributed by atoms with E-state index in [9.17, 15) is 4.39 Å². The van der Waals surface area contributed by atoms with E-state index >= 15 is 0 Å². The average Bonchev–Trinajstić information content (AvgIpc) is 2.68. The van der Waals surface area contributed by atoms with E-state index < -0.39 is 0 Å². The zero-order valence-corrected chi connectivity index (χ0v) is 11.9. The van der Waals surface area contributed by atoms with Crippen LogP contribution in [0.5, 0.6) is 0 Å². The highest BCUT2D eigenvalue weighted by atomic mass is 79.9. The minimum Gasteiger partial charge on any atom is -0.312 e. The minimum atomic E-state index is -0.207. The number of hydrogen-bond donors (Lipinski definition) is 1. The molecule has 2 rings (SSSR count). The van der Waals surface area contributed by atoms with Gasteiger partial charge in [-0.3, -0.25) is 0 Å². The maximum absolute atomic E-state index is 12.9. The van der Waals surface area contributed by atoms with E-state index in [1.165, 1.54) is 18.6 Å². The van der Waals surface area contributed by atoms with Crippen molar-refractivity contribution in [1.29, 1.82) is 0 Å². The third-order valence-corrected chi connectivity index (χ3v) is 4.38. The molecule has 1 aliphatic rings. The van der Waals surface area contributed by atoms with Crippen molar-refractivity contribution in [3.05, 3.63) is 34.1 Å². The Bertz CT molecular complexity index is 386. The molecule has 17 heavy (non-hydrogen) atoms. The Hall–Kier alpha value is -0.120. The minimum absolute atomic E-state index is 0.207. The lowest BCUT2D eigenvalue weighted by atomic mass is 10.1. The molecule has 0 spiro atoms. The summed E-state index contributed by atoms with van der Waals surface area (Å²) in [6.07, 6.45) is 3.46. The number of benzene rings is 1. The molecular formula is C13H16BrClFN. The highest BCUT2D eigenvalue weighted by molar-refractivity contribution is 9.10. The summed E-state index contributed by atoms with van der Waals surface area (Å²) in [4.78, 5) is 0. The van der Waals surface area contributed by atoms with Crippen molar-refractivity contribution in [3.8, 4) is 0 Å². The highest BCUT2D eigenvalue weighted by Crippen LogP contribution is 2.28. The average molecular weight is 321 g/mol. The van der Waals surface area contributed by atoms with Gasteiger partial charge in [-0.2, -0.15) is 0 Å². The molecule has 1 aromatic carbocycles. The van der Waals surface area contributed by atoms with Gasteiger partial charge in [0.1, 0.15) is 5.82 Å². The molecule has 1 aliphatic carbocycles. The SMILES string of the molecule is Fc1ccc(CNCC2CCC(Cl)C2)c(Br)c1. The Morgan fingerprint density at radius 3 is 2.88 bits per heavy atom. The molecule has 0 bridgehead atoms. The summed E-state index contributed by atoms with van der Waals surface area (Å²) in [5.74, 6) is 0.484. The highest BCUT2D eigenvalue weighted by Gasteiger charge is 2.22. The molecule has 0 saturated heterocycles. The number of nitrogens with one attached hydrogen (secondary N) is 1. The van der Waals surface area contributed by atoms with Crippen LogP contribution >= 0.6 is 27.5 Å². The van der Waals surface area contributed by atoms with Gasteiger partial charge in [-0.1, -0.05) is 22.0 Å². The second-order valence-corrected chi connectivity index (χ2v) is 6.11. The topological polar surface area (TPSA) is 12.0 Å². The second kappa shape index (κ2) is 6.17. The fourth-order valence-corrected chi connectivity index (χ4v) is 3.14. The molecule has 0 aromatic heterocycles. The maximum Gasteiger partial charge on any atom is 0.124 e. The van der Waals surface area contributed by atoms with E-state index in [1.54, 1.807) is 0 Å². The van der Waals surface area contributed by atoms with Crippen molar-refractivity contribution in [3.63, 3.8) is 0 Å². The third kappa shape index (κ3) is 3.94. The van der Waals surface area contributed by atoms with E-state index in [2.05, 4.69) is 21.2 Å². The predicted octanol–water partition coefficient (Wildman–Crippen LogP) is 4.09. The van der Waals surface area contributed by atoms with Gasteiger partial charge in [-0.25, -0.2) is 4.39 Å². The van der Waals surface area contributed by atoms with Crippen molar-refractivity contribution in [1.82, 2.24) is 5.32 Å². The molecule has 0 radical (unpaired) electrons. The van der Waals surface area contributed by atoms with Gasteiger partial charge in [0.2, 0.25) is 0 Å². The number of halogens is 3. The summed E-state index contributed by atoms with van der Waals surface area (Å²) in [6, 6.07) is 4.80. The molecule has 0 amide bonds. The van der Waals surface area contributed by atoms with Crippen molar-refractivity contribution in [2.24, 2.45) is 5.92 Å². The Morgan fingerprint density at radius 2 is 2.24 bits per heavy atom. The van der Waals surface area contributed by atoms with Crippen LogP contribution in [0.1, 0.15) is 24.8 Å². The molecule has 1 fully saturated rings. The van der Waals surface area contributed by atoms with Gasteiger partial charge in [0.25, 0.3) is 0 Å². The number of alkyl halides is 1. The standard InChI is InChI=1S/C13H16BrClFN/c14-13-6-12(16)4-2-10(13)8-17-7-9-1-3-11(15)5-9/h2,4,6,9,11,17H,1,3,5,7-8H2. The lowest BCUT2D eigenvalue weighted by Crippen LogP contribution is -2.21. The van der Waals surface area contributed by atoms with Crippen LogP contribution < -0.4 is 5.32 Å². The zero-order valence-electron chi connectivity index (χ0n) is 9.56. The van der Waals surface area contributed by atoms with Crippen LogP contribution in [0, 0.1) is 11.7 Å². The summed E-state index contributed by atoms with van der Waals surface area (Å²) < 4.78 is 13.7. The van der Waals surface area contributed by atoms with E-state index in [1.807, 2.05) is 6.07 Å². The molecule has 1 saturated carbocycles. The first-order valence-corrected chi connectivity index (χ1v) is 7.17. The molecule has 1 nitrogen and oxygen atoms in total. The van der Waals surface area contributed by atoms with Crippen LogP contribution in [-0.2, 0) is 6.54 Å². The van der Waals surface area contributed by atoms with Gasteiger partial charge in [-0.05, 0) is 49.4 Å². The predicted molar refractivity (Wildman–Crippen MR) is 72.8 cm³/mol. The Morgan fingerprint density at radius 1 is 1.41 bits per heavy atom. The van der Waals surface area contributed by atoms with Gasteiger partial charge in [0, 0.05) is 16.4 Å². The first kappa shape index (κ1) is 13.3. The Balaban J connectivity index is 1.78. The molecule has 4 heteroatoms. The fraction of sp³-hybridized carbons (Fsp3) is 0.538. The fourth-order valence-electron chi connectivity index (χ4n) is 2.28. The molecule has 2 atom stereocenters. The van der Waals surface area contributed by atoms with Crippen molar-refractivity contribution >= 4 is 27.5 Å². The van der Waals surface area contributed by atoms with Gasteiger partial charge in [0.05, 0.1) is 0 Å². The molecule has 0 heterocycles. The van der Waals surface area contributed by atoms with Crippen molar-refractivity contribution in [2.75, 3.05) is 6.54 Å². The summed E-state index contributed by atoms with van der Waals surface area (Å²) in [5.41, 5.74) is 1.09. The van der Waals surface area contributed by atoms with Crippen molar-refractivity contribution in [2.45, 2.75) is 31.2 Å². The van der Waals surface area contributed by atoms with E-state index in [0.717, 1.165) is 36.0 Å². The van der Waals surface area contributed by atoms with Crippen LogP contribution in [0.15, 0.2) is 22.7 Å². The quantitative estimate of drug-likeness (QED) is 0.824. The van der Waals surface area contributed by atoms with E-state index in [-0.39, 0.29) is 5.82 Å². The lowest BCUT2D eigenvalue weighted by molar-refractivity contribution is 0.489. The molecule has 94 valence electrons. The van der Waals surface area contributed by atoms with Crippen molar-refractivity contribution < 1.29 is 4.39 Å². The van der Waals surface area contributed by atoms with Crippen LogP contribution in [0.3, 0.4) is 0 Å². The normalized spacial score (nSPS) is 24.2. The molecule has 1 aromatic rings. The lowest BCUT2D eigenvalue weighted by Gasteiger charge is -2.11. The van der Waals surface area contributed by atoms with Gasteiger partial charge < -0.3 is 5.32 Å². The third-order valence-electron chi connectivity index (χ3n) is 3.24. The summed E-state index contributed by atoms with van der Waals surface area (Å²) in [7, 11) is 0.